The van der Waals surface area contributed by atoms with Crippen molar-refractivity contribution in [2.45, 2.75) is 26.2 Å². The Morgan fingerprint density at radius 3 is 2.71 bits per heavy atom. The van der Waals surface area contributed by atoms with Gasteiger partial charge in [-0.15, -0.1) is 10.2 Å². The van der Waals surface area contributed by atoms with E-state index in [1.165, 1.54) is 29.5 Å². The van der Waals surface area contributed by atoms with E-state index < -0.39 is 10.8 Å². The number of amides is 2. The van der Waals surface area contributed by atoms with Gasteiger partial charge in [-0.3, -0.25) is 25.0 Å². The Morgan fingerprint density at radius 1 is 1.19 bits per heavy atom. The summed E-state index contributed by atoms with van der Waals surface area (Å²) in [5.74, 6) is -0.599. The molecule has 1 aliphatic rings. The molecule has 3 aromatic rings. The largest absolute Gasteiger partial charge is 0.311 e. The summed E-state index contributed by atoms with van der Waals surface area (Å²) in [6.45, 7) is 4.07. The molecule has 1 aliphatic heterocycles. The molecular formula is C21H19N5O4S. The molecule has 10 heteroatoms. The molecule has 2 aromatic carbocycles. The Balaban J connectivity index is 1.47. The number of anilines is 2. The van der Waals surface area contributed by atoms with E-state index in [4.69, 9.17) is 0 Å². The zero-order valence-electron chi connectivity index (χ0n) is 16.9. The van der Waals surface area contributed by atoms with Gasteiger partial charge in [0.05, 0.1) is 4.92 Å². The summed E-state index contributed by atoms with van der Waals surface area (Å²) < 4.78 is 0. The highest BCUT2D eigenvalue weighted by Gasteiger charge is 2.34. The number of rotatable bonds is 5. The predicted molar refractivity (Wildman–Crippen MR) is 117 cm³/mol. The Bertz CT molecular complexity index is 1190. The van der Waals surface area contributed by atoms with Crippen LogP contribution >= 0.6 is 11.3 Å². The van der Waals surface area contributed by atoms with E-state index in [0.717, 1.165) is 11.3 Å². The van der Waals surface area contributed by atoms with Crippen molar-refractivity contribution >= 4 is 39.7 Å². The van der Waals surface area contributed by atoms with Gasteiger partial charge >= 0.3 is 0 Å². The fourth-order valence-corrected chi connectivity index (χ4v) is 4.37. The third kappa shape index (κ3) is 4.15. The van der Waals surface area contributed by atoms with Crippen molar-refractivity contribution in [1.29, 1.82) is 0 Å². The van der Waals surface area contributed by atoms with Crippen LogP contribution in [0.15, 0.2) is 42.5 Å². The summed E-state index contributed by atoms with van der Waals surface area (Å²) in [6, 6.07) is 12.0. The zero-order chi connectivity index (χ0) is 22.1. The van der Waals surface area contributed by atoms with Crippen LogP contribution in [-0.2, 0) is 4.79 Å². The maximum Gasteiger partial charge on any atom is 0.273 e. The van der Waals surface area contributed by atoms with Crippen LogP contribution in [0.25, 0.3) is 0 Å². The summed E-state index contributed by atoms with van der Waals surface area (Å²) in [6.07, 6.45) is 0.321. The van der Waals surface area contributed by atoms with Crippen molar-refractivity contribution in [2.24, 2.45) is 0 Å². The van der Waals surface area contributed by atoms with E-state index in [-0.39, 0.29) is 28.2 Å². The van der Waals surface area contributed by atoms with E-state index in [0.29, 0.717) is 23.5 Å². The number of aryl methyl sites for hydroxylation is 2. The van der Waals surface area contributed by atoms with Gasteiger partial charge < -0.3 is 4.90 Å². The third-order valence-electron chi connectivity index (χ3n) is 5.21. The maximum atomic E-state index is 12.6. The molecule has 1 fully saturated rings. The van der Waals surface area contributed by atoms with Gasteiger partial charge in [-0.25, -0.2) is 0 Å². The topological polar surface area (TPSA) is 118 Å². The lowest BCUT2D eigenvalue weighted by Crippen LogP contribution is -2.25. The van der Waals surface area contributed by atoms with Crippen LogP contribution < -0.4 is 10.2 Å². The number of hydrogen-bond acceptors (Lipinski definition) is 7. The van der Waals surface area contributed by atoms with Crippen LogP contribution in [0, 0.1) is 24.0 Å². The monoisotopic (exact) mass is 437 g/mol. The van der Waals surface area contributed by atoms with E-state index in [9.17, 15) is 19.7 Å². The minimum absolute atomic E-state index is 0.0204. The van der Waals surface area contributed by atoms with Crippen molar-refractivity contribution < 1.29 is 14.5 Å². The number of nitrogens with zero attached hydrogens (tertiary/aromatic N) is 4. The normalized spacial score (nSPS) is 15.9. The zero-order valence-corrected chi connectivity index (χ0v) is 17.7. The van der Waals surface area contributed by atoms with Gasteiger partial charge in [0.15, 0.2) is 0 Å². The Hall–Kier alpha value is -3.66. The van der Waals surface area contributed by atoms with Gasteiger partial charge in [-0.2, -0.15) is 0 Å². The summed E-state index contributed by atoms with van der Waals surface area (Å²) in [7, 11) is 0. The number of hydrogen-bond donors (Lipinski definition) is 1. The van der Waals surface area contributed by atoms with Crippen LogP contribution in [-0.4, -0.2) is 33.5 Å². The van der Waals surface area contributed by atoms with Crippen molar-refractivity contribution in [3.8, 4) is 0 Å². The molecule has 2 heterocycles. The lowest BCUT2D eigenvalue weighted by molar-refractivity contribution is -0.385. The maximum absolute atomic E-state index is 12.6. The smallest absolute Gasteiger partial charge is 0.273 e. The first-order valence-electron chi connectivity index (χ1n) is 9.59. The molecule has 0 aliphatic carbocycles. The van der Waals surface area contributed by atoms with Crippen LogP contribution in [0.1, 0.15) is 38.8 Å². The average molecular weight is 437 g/mol. The standard InChI is InChI=1S/C21H19N5O4S/c1-12-5-3-4-6-16(12)25-11-15(10-18(25)27)20-23-24-21(31-20)22-19(28)14-8-7-13(2)17(9-14)26(29)30/h3-9,15H,10-11H2,1-2H3,(H,22,24,28). The Labute approximate surface area is 181 Å². The average Bonchev–Trinajstić information content (AvgIpc) is 3.35. The van der Waals surface area contributed by atoms with Crippen molar-refractivity contribution in [3.05, 3.63) is 74.3 Å². The molecule has 4 rings (SSSR count). The second kappa shape index (κ2) is 8.23. The predicted octanol–water partition coefficient (Wildman–Crippen LogP) is 3.84. The molecular weight excluding hydrogens is 418 g/mol. The van der Waals surface area contributed by atoms with Crippen LogP contribution in [0.5, 0.6) is 0 Å². The number of nitro groups is 1. The quantitative estimate of drug-likeness (QED) is 0.479. The van der Waals surface area contributed by atoms with Gasteiger partial charge in [0, 0.05) is 41.8 Å². The van der Waals surface area contributed by atoms with E-state index in [1.807, 2.05) is 31.2 Å². The Kier molecular flexibility index (Phi) is 5.47. The van der Waals surface area contributed by atoms with Crippen LogP contribution in [0.2, 0.25) is 0 Å². The number of carbonyl (C=O) groups is 2. The first-order valence-corrected chi connectivity index (χ1v) is 10.4. The summed E-state index contributed by atoms with van der Waals surface area (Å²) in [4.78, 5) is 37.4. The minimum atomic E-state index is -0.521. The fourth-order valence-electron chi connectivity index (χ4n) is 3.54. The Morgan fingerprint density at radius 2 is 1.97 bits per heavy atom. The van der Waals surface area contributed by atoms with Gasteiger partial charge in [-0.1, -0.05) is 35.6 Å². The van der Waals surface area contributed by atoms with Crippen LogP contribution in [0.4, 0.5) is 16.5 Å². The molecule has 0 bridgehead atoms. The second-order valence-electron chi connectivity index (χ2n) is 7.35. The van der Waals surface area contributed by atoms with Crippen molar-refractivity contribution in [3.63, 3.8) is 0 Å². The summed E-state index contributed by atoms with van der Waals surface area (Å²) >= 11 is 1.20. The lowest BCUT2D eigenvalue weighted by atomic mass is 10.1. The second-order valence-corrected chi connectivity index (χ2v) is 8.36. The van der Waals surface area contributed by atoms with Gasteiger partial charge in [-0.05, 0) is 31.5 Å². The molecule has 1 atom stereocenters. The molecule has 1 saturated heterocycles. The molecule has 0 radical (unpaired) electrons. The first kappa shape index (κ1) is 20.6. The van der Waals surface area contributed by atoms with Crippen molar-refractivity contribution in [2.75, 3.05) is 16.8 Å². The molecule has 1 unspecified atom stereocenters. The molecule has 1 N–H and O–H groups in total. The summed E-state index contributed by atoms with van der Waals surface area (Å²) in [5.41, 5.74) is 2.42. The van der Waals surface area contributed by atoms with E-state index in [1.54, 1.807) is 11.8 Å². The van der Waals surface area contributed by atoms with E-state index >= 15 is 0 Å². The fraction of sp³-hybridized carbons (Fsp3) is 0.238. The molecule has 2 amide bonds. The number of nitro benzene ring substituents is 1. The van der Waals surface area contributed by atoms with Gasteiger partial charge in [0.2, 0.25) is 11.0 Å². The SMILES string of the molecule is Cc1ccccc1N1CC(c2nnc(NC(=O)c3ccc(C)c([N+](=O)[O-])c3)s2)CC1=O. The number of nitrogens with one attached hydrogen (secondary N) is 1. The minimum Gasteiger partial charge on any atom is -0.311 e. The summed E-state index contributed by atoms with van der Waals surface area (Å²) in [5, 5.41) is 22.9. The van der Waals surface area contributed by atoms with E-state index in [2.05, 4.69) is 15.5 Å². The number of carbonyl (C=O) groups excluding carboxylic acids is 2. The highest BCUT2D eigenvalue weighted by atomic mass is 32.1. The molecule has 0 saturated carbocycles. The first-order chi connectivity index (χ1) is 14.8. The molecule has 1 aromatic heterocycles. The van der Waals surface area contributed by atoms with Gasteiger partial charge in [0.25, 0.3) is 11.6 Å². The number of benzene rings is 2. The van der Waals surface area contributed by atoms with Gasteiger partial charge in [0.1, 0.15) is 5.01 Å². The van der Waals surface area contributed by atoms with Crippen LogP contribution in [0.3, 0.4) is 0 Å². The molecule has 31 heavy (non-hydrogen) atoms. The lowest BCUT2D eigenvalue weighted by Gasteiger charge is -2.18. The highest BCUT2D eigenvalue weighted by molar-refractivity contribution is 7.15. The molecule has 0 spiro atoms. The molecule has 9 nitrogen and oxygen atoms in total. The highest BCUT2D eigenvalue weighted by Crippen LogP contribution is 2.35. The number of para-hydroxylation sites is 1. The van der Waals surface area contributed by atoms with Crippen molar-refractivity contribution in [1.82, 2.24) is 10.2 Å². The molecule has 158 valence electrons. The third-order valence-corrected chi connectivity index (χ3v) is 6.21. The number of aromatic nitrogens is 2.